The van der Waals surface area contributed by atoms with Gasteiger partial charge < -0.3 is 10.2 Å². The predicted octanol–water partition coefficient (Wildman–Crippen LogP) is 2.05. The largest absolute Gasteiger partial charge is 0.342 e. The molecule has 1 aromatic rings. The summed E-state index contributed by atoms with van der Waals surface area (Å²) in [6, 6.07) is 3.70. The molecule has 1 unspecified atom stereocenters. The van der Waals surface area contributed by atoms with Crippen molar-refractivity contribution in [2.75, 3.05) is 51.1 Å². The van der Waals surface area contributed by atoms with Crippen molar-refractivity contribution in [2.24, 2.45) is 0 Å². The number of anilines is 1. The SMILES string of the molecule is CC(C(=O)Nc1cc(Cl)ccc1F)N1CCN(CC(=O)N2CCCC2)CC1. The molecule has 0 radical (unpaired) electrons. The topological polar surface area (TPSA) is 55.9 Å². The highest BCUT2D eigenvalue weighted by atomic mass is 35.5. The van der Waals surface area contributed by atoms with Crippen LogP contribution < -0.4 is 5.32 Å². The molecular weight excluding hydrogens is 371 g/mol. The Bertz CT molecular complexity index is 688. The molecule has 1 N–H and O–H groups in total. The number of carbonyl (C=O) groups excluding carboxylic acids is 2. The number of halogens is 2. The molecule has 148 valence electrons. The maximum atomic E-state index is 13.8. The molecule has 0 aromatic heterocycles. The van der Waals surface area contributed by atoms with E-state index in [0.29, 0.717) is 24.7 Å². The first-order chi connectivity index (χ1) is 12.9. The Morgan fingerprint density at radius 3 is 2.48 bits per heavy atom. The van der Waals surface area contributed by atoms with E-state index in [1.807, 2.05) is 11.8 Å². The molecular formula is C19H26ClFN4O2. The second-order valence-electron chi connectivity index (χ2n) is 7.19. The van der Waals surface area contributed by atoms with Gasteiger partial charge in [-0.05, 0) is 38.0 Å². The van der Waals surface area contributed by atoms with Crippen molar-refractivity contribution in [2.45, 2.75) is 25.8 Å². The number of hydrogen-bond acceptors (Lipinski definition) is 4. The summed E-state index contributed by atoms with van der Waals surface area (Å²) in [4.78, 5) is 30.9. The quantitative estimate of drug-likeness (QED) is 0.827. The molecule has 1 atom stereocenters. The van der Waals surface area contributed by atoms with Crippen LogP contribution in [0.15, 0.2) is 18.2 Å². The summed E-state index contributed by atoms with van der Waals surface area (Å²) in [7, 11) is 0. The number of carbonyl (C=O) groups is 2. The van der Waals surface area contributed by atoms with E-state index in [1.165, 1.54) is 18.2 Å². The first kappa shape index (κ1) is 20.0. The Kier molecular flexibility index (Phi) is 6.68. The lowest BCUT2D eigenvalue weighted by atomic mass is 10.2. The van der Waals surface area contributed by atoms with Crippen molar-refractivity contribution in [3.63, 3.8) is 0 Å². The second-order valence-corrected chi connectivity index (χ2v) is 7.63. The second kappa shape index (κ2) is 8.99. The molecule has 3 rings (SSSR count). The molecule has 2 heterocycles. The normalized spacial score (nSPS) is 19.9. The van der Waals surface area contributed by atoms with Gasteiger partial charge in [-0.15, -0.1) is 0 Å². The Labute approximate surface area is 164 Å². The molecule has 1 aromatic carbocycles. The number of nitrogens with zero attached hydrogens (tertiary/aromatic N) is 3. The van der Waals surface area contributed by atoms with Crippen molar-refractivity contribution in [1.82, 2.24) is 14.7 Å². The van der Waals surface area contributed by atoms with Crippen LogP contribution in [0.25, 0.3) is 0 Å². The van der Waals surface area contributed by atoms with Crippen LogP contribution in [0.4, 0.5) is 10.1 Å². The minimum Gasteiger partial charge on any atom is -0.342 e. The number of nitrogens with one attached hydrogen (secondary N) is 1. The first-order valence-electron chi connectivity index (χ1n) is 9.44. The fourth-order valence-corrected chi connectivity index (χ4v) is 3.73. The lowest BCUT2D eigenvalue weighted by Gasteiger charge is -2.37. The van der Waals surface area contributed by atoms with Gasteiger partial charge in [0, 0.05) is 44.3 Å². The van der Waals surface area contributed by atoms with Gasteiger partial charge >= 0.3 is 0 Å². The molecule has 0 bridgehead atoms. The third-order valence-electron chi connectivity index (χ3n) is 5.34. The van der Waals surface area contributed by atoms with E-state index in [4.69, 9.17) is 11.6 Å². The zero-order valence-corrected chi connectivity index (χ0v) is 16.3. The molecule has 2 aliphatic heterocycles. The molecule has 27 heavy (non-hydrogen) atoms. The average molecular weight is 397 g/mol. The van der Waals surface area contributed by atoms with Crippen LogP contribution in [-0.4, -0.2) is 78.4 Å². The number of rotatable bonds is 5. The molecule has 2 aliphatic rings. The van der Waals surface area contributed by atoms with Gasteiger partial charge in [0.1, 0.15) is 5.82 Å². The smallest absolute Gasteiger partial charge is 0.241 e. The van der Waals surface area contributed by atoms with E-state index >= 15 is 0 Å². The van der Waals surface area contributed by atoms with E-state index in [2.05, 4.69) is 15.1 Å². The van der Waals surface area contributed by atoms with Crippen LogP contribution in [0.3, 0.4) is 0 Å². The van der Waals surface area contributed by atoms with Crippen molar-refractivity contribution >= 4 is 29.1 Å². The van der Waals surface area contributed by atoms with E-state index in [9.17, 15) is 14.0 Å². The van der Waals surface area contributed by atoms with Gasteiger partial charge in [0.2, 0.25) is 11.8 Å². The average Bonchev–Trinajstić information content (AvgIpc) is 3.19. The van der Waals surface area contributed by atoms with Crippen LogP contribution in [-0.2, 0) is 9.59 Å². The lowest BCUT2D eigenvalue weighted by molar-refractivity contribution is -0.132. The first-order valence-corrected chi connectivity index (χ1v) is 9.82. The summed E-state index contributed by atoms with van der Waals surface area (Å²) >= 11 is 5.87. The number of hydrogen-bond donors (Lipinski definition) is 1. The Morgan fingerprint density at radius 2 is 1.81 bits per heavy atom. The Hall–Kier alpha value is -1.70. The molecule has 2 fully saturated rings. The van der Waals surface area contributed by atoms with Crippen LogP contribution in [0.1, 0.15) is 19.8 Å². The van der Waals surface area contributed by atoms with Crippen molar-refractivity contribution < 1.29 is 14.0 Å². The molecule has 6 nitrogen and oxygen atoms in total. The lowest BCUT2D eigenvalue weighted by Crippen LogP contribution is -2.54. The highest BCUT2D eigenvalue weighted by Crippen LogP contribution is 2.20. The number of amides is 2. The zero-order valence-electron chi connectivity index (χ0n) is 15.6. The molecule has 2 saturated heterocycles. The van der Waals surface area contributed by atoms with Crippen molar-refractivity contribution in [3.05, 3.63) is 29.0 Å². The predicted molar refractivity (Wildman–Crippen MR) is 103 cm³/mol. The van der Waals surface area contributed by atoms with Crippen LogP contribution in [0.5, 0.6) is 0 Å². The molecule has 0 aliphatic carbocycles. The summed E-state index contributed by atoms with van der Waals surface area (Å²) in [5.74, 6) is -0.578. The molecule has 0 saturated carbocycles. The van der Waals surface area contributed by atoms with Gasteiger partial charge in [-0.3, -0.25) is 19.4 Å². The van der Waals surface area contributed by atoms with E-state index in [0.717, 1.165) is 39.0 Å². The van der Waals surface area contributed by atoms with E-state index in [1.54, 1.807) is 0 Å². The molecule has 2 amide bonds. The third-order valence-corrected chi connectivity index (χ3v) is 5.57. The fourth-order valence-electron chi connectivity index (χ4n) is 3.56. The highest BCUT2D eigenvalue weighted by molar-refractivity contribution is 6.30. The summed E-state index contributed by atoms with van der Waals surface area (Å²) in [5, 5.41) is 2.99. The monoisotopic (exact) mass is 396 g/mol. The molecule has 0 spiro atoms. The fraction of sp³-hybridized carbons (Fsp3) is 0.579. The van der Waals surface area contributed by atoms with E-state index < -0.39 is 5.82 Å². The van der Waals surface area contributed by atoms with Crippen molar-refractivity contribution in [1.29, 1.82) is 0 Å². The number of benzene rings is 1. The standard InChI is InChI=1S/C19H26ClFN4O2/c1-14(19(27)22-17-12-15(20)4-5-16(17)21)24-10-8-23(9-11-24)13-18(26)25-6-2-3-7-25/h4-5,12,14H,2-3,6-11,13H2,1H3,(H,22,27). The van der Waals surface area contributed by atoms with Gasteiger partial charge in [0.05, 0.1) is 18.3 Å². The minimum atomic E-state index is -0.509. The van der Waals surface area contributed by atoms with Crippen molar-refractivity contribution in [3.8, 4) is 0 Å². The van der Waals surface area contributed by atoms with E-state index in [-0.39, 0.29) is 23.5 Å². The van der Waals surface area contributed by atoms with Crippen LogP contribution >= 0.6 is 11.6 Å². The summed E-state index contributed by atoms with van der Waals surface area (Å²) in [6.07, 6.45) is 2.19. The molecule has 8 heteroatoms. The third kappa shape index (κ3) is 5.18. The summed E-state index contributed by atoms with van der Waals surface area (Å²) in [6.45, 7) is 6.86. The summed E-state index contributed by atoms with van der Waals surface area (Å²) in [5.41, 5.74) is 0.0918. The van der Waals surface area contributed by atoms with Gasteiger partial charge in [0.15, 0.2) is 0 Å². The van der Waals surface area contributed by atoms with Gasteiger partial charge in [0.25, 0.3) is 0 Å². The van der Waals surface area contributed by atoms with Gasteiger partial charge in [-0.1, -0.05) is 11.6 Å². The maximum Gasteiger partial charge on any atom is 0.241 e. The van der Waals surface area contributed by atoms with Crippen LogP contribution in [0, 0.1) is 5.82 Å². The highest BCUT2D eigenvalue weighted by Gasteiger charge is 2.28. The number of likely N-dealkylation sites (tertiary alicyclic amines) is 1. The zero-order chi connectivity index (χ0) is 19.4. The maximum absolute atomic E-state index is 13.8. The Morgan fingerprint density at radius 1 is 1.15 bits per heavy atom. The number of piperazine rings is 1. The van der Waals surface area contributed by atoms with Crippen LogP contribution in [0.2, 0.25) is 5.02 Å². The Balaban J connectivity index is 1.47. The van der Waals surface area contributed by atoms with Gasteiger partial charge in [-0.2, -0.15) is 0 Å². The minimum absolute atomic E-state index is 0.0918. The summed E-state index contributed by atoms with van der Waals surface area (Å²) < 4.78 is 13.8. The van der Waals surface area contributed by atoms with Gasteiger partial charge in [-0.25, -0.2) is 4.39 Å².